The van der Waals surface area contributed by atoms with Crippen molar-refractivity contribution >= 4 is 32.9 Å². The number of phenols is 2. The van der Waals surface area contributed by atoms with Crippen molar-refractivity contribution in [2.45, 2.75) is 0 Å². The van der Waals surface area contributed by atoms with Crippen LogP contribution in [0, 0.1) is 0 Å². The van der Waals surface area contributed by atoms with Crippen molar-refractivity contribution < 1.29 is 23.8 Å². The summed E-state index contributed by atoms with van der Waals surface area (Å²) in [7, 11) is 1.47. The van der Waals surface area contributed by atoms with Crippen LogP contribution in [-0.2, 0) is 0 Å². The number of aromatic hydroxyl groups is 2. The molecule has 4 rings (SSSR count). The van der Waals surface area contributed by atoms with Gasteiger partial charge in [-0.05, 0) is 12.1 Å². The smallest absolute Gasteiger partial charge is 0.348 e. The summed E-state index contributed by atoms with van der Waals surface area (Å²) in [5.74, 6) is 0.268. The third kappa shape index (κ3) is 1.57. The number of rotatable bonds is 1. The zero-order valence-corrected chi connectivity index (χ0v) is 11.4. The van der Waals surface area contributed by atoms with Crippen LogP contribution in [0.2, 0.25) is 0 Å². The number of fused-ring (bicyclic) bond motifs is 5. The number of hydrogen-bond donors (Lipinski definition) is 2. The molecule has 2 N–H and O–H groups in total. The van der Waals surface area contributed by atoms with E-state index in [4.69, 9.17) is 13.6 Å². The first-order valence-electron chi connectivity index (χ1n) is 6.47. The fraction of sp³-hybridized carbons (Fsp3) is 0.0625. The van der Waals surface area contributed by atoms with Crippen molar-refractivity contribution in [1.29, 1.82) is 0 Å². The van der Waals surface area contributed by atoms with Crippen LogP contribution in [0.15, 0.2) is 44.0 Å². The van der Waals surface area contributed by atoms with E-state index < -0.39 is 5.63 Å². The zero-order valence-electron chi connectivity index (χ0n) is 11.4. The molecule has 0 saturated carbocycles. The Bertz CT molecular complexity index is 1100. The molecule has 6 nitrogen and oxygen atoms in total. The van der Waals surface area contributed by atoms with Crippen LogP contribution in [-0.4, -0.2) is 17.3 Å². The number of hydrogen-bond acceptors (Lipinski definition) is 6. The molecular formula is C16H10O6. The van der Waals surface area contributed by atoms with Gasteiger partial charge in [-0.15, -0.1) is 0 Å². The summed E-state index contributed by atoms with van der Waals surface area (Å²) >= 11 is 0. The third-order valence-electron chi connectivity index (χ3n) is 3.60. The molecule has 6 heteroatoms. The molecule has 4 aromatic rings. The second-order valence-electron chi connectivity index (χ2n) is 4.90. The minimum atomic E-state index is -0.646. The van der Waals surface area contributed by atoms with Crippen LogP contribution >= 0.6 is 0 Å². The molecule has 0 spiro atoms. The van der Waals surface area contributed by atoms with Gasteiger partial charge < -0.3 is 23.8 Å². The molecule has 2 aromatic carbocycles. The SMILES string of the molecule is COc1cc(O)c2c(c1)oc1c3ccc(O)cc3oc(=O)c12. The van der Waals surface area contributed by atoms with Crippen molar-refractivity contribution in [3.05, 3.63) is 40.8 Å². The summed E-state index contributed by atoms with van der Waals surface area (Å²) in [6.45, 7) is 0. The average Bonchev–Trinajstić information content (AvgIpc) is 2.87. The summed E-state index contributed by atoms with van der Waals surface area (Å²) in [4.78, 5) is 12.2. The third-order valence-corrected chi connectivity index (χ3v) is 3.60. The van der Waals surface area contributed by atoms with Crippen LogP contribution in [0.4, 0.5) is 0 Å². The average molecular weight is 298 g/mol. The lowest BCUT2D eigenvalue weighted by Crippen LogP contribution is -1.98. The van der Waals surface area contributed by atoms with Crippen LogP contribution in [0.1, 0.15) is 0 Å². The maximum absolute atomic E-state index is 12.2. The molecule has 0 fully saturated rings. The molecule has 22 heavy (non-hydrogen) atoms. The van der Waals surface area contributed by atoms with E-state index in [9.17, 15) is 15.0 Å². The van der Waals surface area contributed by atoms with Crippen LogP contribution in [0.3, 0.4) is 0 Å². The van der Waals surface area contributed by atoms with Crippen LogP contribution < -0.4 is 10.4 Å². The highest BCUT2D eigenvalue weighted by Gasteiger charge is 2.19. The van der Waals surface area contributed by atoms with E-state index in [0.717, 1.165) is 0 Å². The van der Waals surface area contributed by atoms with Gasteiger partial charge in [0.05, 0.1) is 17.9 Å². The molecular weight excluding hydrogens is 288 g/mol. The van der Waals surface area contributed by atoms with Crippen molar-refractivity contribution in [3.8, 4) is 17.2 Å². The summed E-state index contributed by atoms with van der Waals surface area (Å²) in [5.41, 5.74) is 0.180. The van der Waals surface area contributed by atoms with E-state index in [-0.39, 0.29) is 27.9 Å². The molecule has 0 radical (unpaired) electrons. The Labute approximate surface area is 122 Å². The Morgan fingerprint density at radius 1 is 1.00 bits per heavy atom. The van der Waals surface area contributed by atoms with Gasteiger partial charge in [0.1, 0.15) is 33.8 Å². The van der Waals surface area contributed by atoms with E-state index in [1.54, 1.807) is 12.1 Å². The number of methoxy groups -OCH3 is 1. The van der Waals surface area contributed by atoms with E-state index in [1.165, 1.54) is 25.3 Å². The van der Waals surface area contributed by atoms with E-state index in [1.807, 2.05) is 0 Å². The summed E-state index contributed by atoms with van der Waals surface area (Å²) in [6, 6.07) is 7.38. The van der Waals surface area contributed by atoms with Gasteiger partial charge in [0, 0.05) is 18.2 Å². The fourth-order valence-corrected chi connectivity index (χ4v) is 2.62. The highest BCUT2D eigenvalue weighted by molar-refractivity contribution is 6.15. The molecule has 0 saturated heterocycles. The predicted molar refractivity (Wildman–Crippen MR) is 79.6 cm³/mol. The summed E-state index contributed by atoms with van der Waals surface area (Å²) in [5, 5.41) is 20.6. The van der Waals surface area contributed by atoms with Crippen molar-refractivity contribution in [3.63, 3.8) is 0 Å². The van der Waals surface area contributed by atoms with Gasteiger partial charge in [0.25, 0.3) is 0 Å². The summed E-state index contributed by atoms with van der Waals surface area (Å²) in [6.07, 6.45) is 0. The van der Waals surface area contributed by atoms with Gasteiger partial charge in [-0.1, -0.05) is 0 Å². The quantitative estimate of drug-likeness (QED) is 0.524. The topological polar surface area (TPSA) is 93.0 Å². The van der Waals surface area contributed by atoms with Gasteiger partial charge in [-0.3, -0.25) is 0 Å². The molecule has 0 aliphatic rings. The highest BCUT2D eigenvalue weighted by Crippen LogP contribution is 2.39. The minimum Gasteiger partial charge on any atom is -0.508 e. The zero-order chi connectivity index (χ0) is 15.4. The molecule has 0 aliphatic carbocycles. The largest absolute Gasteiger partial charge is 0.508 e. The first-order valence-corrected chi connectivity index (χ1v) is 6.47. The number of phenolic OH excluding ortho intramolecular Hbond substituents is 2. The predicted octanol–water partition coefficient (Wildman–Crippen LogP) is 3.11. The maximum Gasteiger partial charge on any atom is 0.348 e. The van der Waals surface area contributed by atoms with Crippen LogP contribution in [0.5, 0.6) is 17.2 Å². The molecule has 0 bridgehead atoms. The molecule has 2 aromatic heterocycles. The van der Waals surface area contributed by atoms with Crippen LogP contribution in [0.25, 0.3) is 32.9 Å². The van der Waals surface area contributed by atoms with Gasteiger partial charge >= 0.3 is 5.63 Å². The number of furan rings is 1. The maximum atomic E-state index is 12.2. The second-order valence-corrected chi connectivity index (χ2v) is 4.90. The lowest BCUT2D eigenvalue weighted by atomic mass is 10.1. The molecule has 0 amide bonds. The monoisotopic (exact) mass is 298 g/mol. The first kappa shape index (κ1) is 12.6. The standard InChI is InChI=1S/C16H10O6/c1-20-8-5-10(18)13-12(6-8)21-15-9-3-2-7(17)4-11(9)22-16(19)14(13)15/h2-6,17-18H,1H3. The Hall–Kier alpha value is -3.15. The van der Waals surface area contributed by atoms with E-state index in [2.05, 4.69) is 0 Å². The summed E-state index contributed by atoms with van der Waals surface area (Å²) < 4.78 is 16.0. The number of ether oxygens (including phenoxy) is 1. The second kappa shape index (κ2) is 4.17. The van der Waals surface area contributed by atoms with Gasteiger partial charge in [-0.2, -0.15) is 0 Å². The van der Waals surface area contributed by atoms with Gasteiger partial charge in [0.15, 0.2) is 5.58 Å². The lowest BCUT2D eigenvalue weighted by Gasteiger charge is -2.00. The van der Waals surface area contributed by atoms with Gasteiger partial charge in [0.2, 0.25) is 0 Å². The molecule has 0 atom stereocenters. The van der Waals surface area contributed by atoms with Gasteiger partial charge in [-0.25, -0.2) is 4.79 Å². The highest BCUT2D eigenvalue weighted by atomic mass is 16.5. The molecule has 0 aliphatic heterocycles. The Morgan fingerprint density at radius 3 is 2.59 bits per heavy atom. The Morgan fingerprint density at radius 2 is 1.82 bits per heavy atom. The fourth-order valence-electron chi connectivity index (χ4n) is 2.62. The van der Waals surface area contributed by atoms with Crippen molar-refractivity contribution in [2.75, 3.05) is 7.11 Å². The Kier molecular flexibility index (Phi) is 2.39. The normalized spacial score (nSPS) is 11.5. The van der Waals surface area contributed by atoms with Crippen molar-refractivity contribution in [2.24, 2.45) is 0 Å². The molecule has 0 unspecified atom stereocenters. The van der Waals surface area contributed by atoms with Crippen molar-refractivity contribution in [1.82, 2.24) is 0 Å². The minimum absolute atomic E-state index is 0.0179. The first-order chi connectivity index (χ1) is 10.6. The van der Waals surface area contributed by atoms with E-state index >= 15 is 0 Å². The lowest BCUT2D eigenvalue weighted by molar-refractivity contribution is 0.408. The molecule has 2 heterocycles. The Balaban J connectivity index is 2.28. The number of benzene rings is 2. The molecule has 110 valence electrons. The van der Waals surface area contributed by atoms with E-state index in [0.29, 0.717) is 22.3 Å².